The second kappa shape index (κ2) is 6.48. The Hall–Kier alpha value is -1.88. The van der Waals surface area contributed by atoms with Crippen molar-refractivity contribution in [3.05, 3.63) is 35.4 Å². The highest BCUT2D eigenvalue weighted by atomic mass is 16.5. The Morgan fingerprint density at radius 1 is 1.09 bits per heavy atom. The first-order valence-corrected chi connectivity index (χ1v) is 7.95. The van der Waals surface area contributed by atoms with Crippen molar-refractivity contribution < 1.29 is 14.3 Å². The molecule has 0 radical (unpaired) electrons. The average molecular weight is 302 g/mol. The number of carbonyl (C=O) groups excluding carboxylic acids is 2. The number of ether oxygens (including phenoxy) is 1. The van der Waals surface area contributed by atoms with E-state index in [2.05, 4.69) is 0 Å². The maximum absolute atomic E-state index is 12.3. The molecular weight excluding hydrogens is 280 g/mol. The summed E-state index contributed by atoms with van der Waals surface area (Å²) in [5.41, 5.74) is 7.01. The van der Waals surface area contributed by atoms with Gasteiger partial charge in [-0.3, -0.25) is 9.59 Å². The fourth-order valence-corrected chi connectivity index (χ4v) is 3.33. The van der Waals surface area contributed by atoms with Crippen LogP contribution >= 0.6 is 0 Å². The minimum absolute atomic E-state index is 0.153. The van der Waals surface area contributed by atoms with Gasteiger partial charge in [0, 0.05) is 25.3 Å². The molecule has 2 fully saturated rings. The lowest BCUT2D eigenvalue weighted by molar-refractivity contribution is -0.142. The van der Waals surface area contributed by atoms with Gasteiger partial charge in [-0.05, 0) is 49.3 Å². The first kappa shape index (κ1) is 15.0. The predicted molar refractivity (Wildman–Crippen MR) is 82.5 cm³/mol. The number of nitrogens with zero attached hydrogens (tertiary/aromatic N) is 1. The Balaban J connectivity index is 1.57. The van der Waals surface area contributed by atoms with Gasteiger partial charge in [0.1, 0.15) is 6.10 Å². The van der Waals surface area contributed by atoms with E-state index in [1.807, 2.05) is 17.0 Å². The van der Waals surface area contributed by atoms with Crippen molar-refractivity contribution in [3.63, 3.8) is 0 Å². The van der Waals surface area contributed by atoms with E-state index in [-0.39, 0.29) is 12.0 Å². The summed E-state index contributed by atoms with van der Waals surface area (Å²) in [5, 5.41) is 0. The first-order chi connectivity index (χ1) is 10.6. The van der Waals surface area contributed by atoms with Crippen LogP contribution in [0.4, 0.5) is 0 Å². The van der Waals surface area contributed by atoms with Crippen LogP contribution in [0.5, 0.6) is 0 Å². The van der Waals surface area contributed by atoms with Crippen molar-refractivity contribution in [3.8, 4) is 0 Å². The molecule has 0 aromatic heterocycles. The molecule has 2 aliphatic rings. The van der Waals surface area contributed by atoms with Crippen molar-refractivity contribution in [1.82, 2.24) is 4.90 Å². The summed E-state index contributed by atoms with van der Waals surface area (Å²) in [6, 6.07) is 7.51. The maximum atomic E-state index is 12.3. The van der Waals surface area contributed by atoms with Crippen LogP contribution in [-0.4, -0.2) is 42.5 Å². The first-order valence-electron chi connectivity index (χ1n) is 7.95. The zero-order valence-corrected chi connectivity index (χ0v) is 12.7. The zero-order chi connectivity index (χ0) is 15.5. The minimum Gasteiger partial charge on any atom is -0.368 e. The van der Waals surface area contributed by atoms with Crippen LogP contribution in [0.3, 0.4) is 0 Å². The molecule has 0 aliphatic carbocycles. The van der Waals surface area contributed by atoms with Crippen molar-refractivity contribution >= 4 is 11.8 Å². The smallest absolute Gasteiger partial charge is 0.251 e. The summed E-state index contributed by atoms with van der Waals surface area (Å²) in [7, 11) is 0. The molecule has 5 nitrogen and oxygen atoms in total. The van der Waals surface area contributed by atoms with Crippen LogP contribution in [0.2, 0.25) is 0 Å². The molecule has 118 valence electrons. The van der Waals surface area contributed by atoms with E-state index in [1.165, 1.54) is 5.56 Å². The fourth-order valence-electron chi connectivity index (χ4n) is 3.33. The quantitative estimate of drug-likeness (QED) is 0.923. The minimum atomic E-state index is -0.400. The number of nitrogens with two attached hydrogens (primary N) is 1. The van der Waals surface area contributed by atoms with Gasteiger partial charge in [0.25, 0.3) is 5.91 Å². The molecular formula is C17H22N2O3. The number of rotatable bonds is 3. The summed E-state index contributed by atoms with van der Waals surface area (Å²) in [5.74, 6) is 0.194. The number of hydrogen-bond donors (Lipinski definition) is 1. The standard InChI is InChI=1S/C17H22N2O3/c18-16(20)14-5-3-12(4-6-14)13-7-9-19(10-8-13)17(21)15-2-1-11-22-15/h3-6,13,15H,1-2,7-11H2,(H2,18,20). The van der Waals surface area contributed by atoms with Crippen LogP contribution in [0.15, 0.2) is 24.3 Å². The molecule has 1 unspecified atom stereocenters. The highest BCUT2D eigenvalue weighted by Gasteiger charge is 2.31. The molecule has 1 aromatic rings. The maximum Gasteiger partial charge on any atom is 0.251 e. The third-order valence-corrected chi connectivity index (χ3v) is 4.68. The van der Waals surface area contributed by atoms with Gasteiger partial charge in [0.15, 0.2) is 0 Å². The number of carbonyl (C=O) groups is 2. The number of likely N-dealkylation sites (tertiary alicyclic amines) is 1. The highest BCUT2D eigenvalue weighted by molar-refractivity contribution is 5.92. The number of hydrogen-bond acceptors (Lipinski definition) is 3. The average Bonchev–Trinajstić information content (AvgIpc) is 3.09. The van der Waals surface area contributed by atoms with Gasteiger partial charge in [-0.15, -0.1) is 0 Å². The third-order valence-electron chi connectivity index (χ3n) is 4.68. The summed E-state index contributed by atoms with van der Waals surface area (Å²) in [6.07, 6.45) is 3.53. The van der Waals surface area contributed by atoms with E-state index in [9.17, 15) is 9.59 Å². The fraction of sp³-hybridized carbons (Fsp3) is 0.529. The van der Waals surface area contributed by atoms with E-state index in [4.69, 9.17) is 10.5 Å². The number of amides is 2. The summed E-state index contributed by atoms with van der Waals surface area (Å²) in [6.45, 7) is 2.26. The van der Waals surface area contributed by atoms with Crippen LogP contribution in [0.25, 0.3) is 0 Å². The number of primary amides is 1. The second-order valence-electron chi connectivity index (χ2n) is 6.09. The van der Waals surface area contributed by atoms with Crippen LogP contribution in [0.1, 0.15) is 47.5 Å². The molecule has 22 heavy (non-hydrogen) atoms. The van der Waals surface area contributed by atoms with Gasteiger partial charge in [0.05, 0.1) is 0 Å². The molecule has 2 heterocycles. The normalized spacial score (nSPS) is 22.7. The molecule has 0 saturated carbocycles. The molecule has 0 spiro atoms. The van der Waals surface area contributed by atoms with E-state index in [1.54, 1.807) is 12.1 Å². The van der Waals surface area contributed by atoms with Gasteiger partial charge in [-0.2, -0.15) is 0 Å². The number of piperidine rings is 1. The van der Waals surface area contributed by atoms with E-state index in [0.29, 0.717) is 18.1 Å². The molecule has 2 aliphatic heterocycles. The Labute approximate surface area is 130 Å². The Morgan fingerprint density at radius 3 is 2.32 bits per heavy atom. The summed E-state index contributed by atoms with van der Waals surface area (Å²) in [4.78, 5) is 25.3. The van der Waals surface area contributed by atoms with Gasteiger partial charge >= 0.3 is 0 Å². The monoisotopic (exact) mass is 302 g/mol. The van der Waals surface area contributed by atoms with Gasteiger partial charge in [0.2, 0.25) is 5.91 Å². The SMILES string of the molecule is NC(=O)c1ccc(C2CCN(C(=O)C3CCCO3)CC2)cc1. The molecule has 1 atom stereocenters. The molecule has 2 N–H and O–H groups in total. The van der Waals surface area contributed by atoms with Gasteiger partial charge < -0.3 is 15.4 Å². The molecule has 1 aromatic carbocycles. The topological polar surface area (TPSA) is 72.6 Å². The molecule has 2 amide bonds. The lowest BCUT2D eigenvalue weighted by Gasteiger charge is -2.33. The Kier molecular flexibility index (Phi) is 4.43. The lowest BCUT2D eigenvalue weighted by atomic mass is 9.88. The van der Waals surface area contributed by atoms with E-state index >= 15 is 0 Å². The van der Waals surface area contributed by atoms with E-state index in [0.717, 1.165) is 38.8 Å². The summed E-state index contributed by atoms with van der Waals surface area (Å²) >= 11 is 0. The van der Waals surface area contributed by atoms with Crippen molar-refractivity contribution in [2.75, 3.05) is 19.7 Å². The molecule has 5 heteroatoms. The molecule has 3 rings (SSSR count). The summed E-state index contributed by atoms with van der Waals surface area (Å²) < 4.78 is 5.48. The van der Waals surface area contributed by atoms with Crippen LogP contribution in [0, 0.1) is 0 Å². The molecule has 0 bridgehead atoms. The highest BCUT2D eigenvalue weighted by Crippen LogP contribution is 2.29. The largest absolute Gasteiger partial charge is 0.368 e. The second-order valence-corrected chi connectivity index (χ2v) is 6.09. The van der Waals surface area contributed by atoms with Crippen LogP contribution < -0.4 is 5.73 Å². The van der Waals surface area contributed by atoms with Gasteiger partial charge in [-0.1, -0.05) is 12.1 Å². The van der Waals surface area contributed by atoms with Crippen molar-refractivity contribution in [2.24, 2.45) is 5.73 Å². The zero-order valence-electron chi connectivity index (χ0n) is 12.7. The number of benzene rings is 1. The Morgan fingerprint density at radius 2 is 1.77 bits per heavy atom. The third kappa shape index (κ3) is 3.14. The van der Waals surface area contributed by atoms with E-state index < -0.39 is 5.91 Å². The van der Waals surface area contributed by atoms with Crippen molar-refractivity contribution in [1.29, 1.82) is 0 Å². The van der Waals surface area contributed by atoms with Crippen molar-refractivity contribution in [2.45, 2.75) is 37.7 Å². The van der Waals surface area contributed by atoms with Crippen LogP contribution in [-0.2, 0) is 9.53 Å². The Bertz CT molecular complexity index is 542. The predicted octanol–water partition coefficient (Wildman–Crippen LogP) is 1.67. The van der Waals surface area contributed by atoms with Gasteiger partial charge in [-0.25, -0.2) is 0 Å². The lowest BCUT2D eigenvalue weighted by Crippen LogP contribution is -2.43. The molecule has 2 saturated heterocycles.